The molecule has 1 aliphatic rings. The molecule has 1 aromatic rings. The number of ether oxygens (including phenoxy) is 2. The number of carbonyl (C=O) groups is 2. The number of carboxylic acid groups (broad SMARTS) is 1. The van der Waals surface area contributed by atoms with Crippen LogP contribution in [-0.2, 0) is 9.53 Å². The zero-order chi connectivity index (χ0) is 18.6. The number of amides is 1. The van der Waals surface area contributed by atoms with Crippen molar-refractivity contribution in [1.82, 2.24) is 10.2 Å². The van der Waals surface area contributed by atoms with Gasteiger partial charge in [0.2, 0.25) is 0 Å². The lowest BCUT2D eigenvalue weighted by Gasteiger charge is -2.37. The van der Waals surface area contributed by atoms with Crippen molar-refractivity contribution in [1.29, 1.82) is 0 Å². The van der Waals surface area contributed by atoms with Crippen molar-refractivity contribution in [2.45, 2.75) is 18.6 Å². The van der Waals surface area contributed by atoms with E-state index in [1.165, 1.54) is 26.4 Å². The molecule has 9 heteroatoms. The number of nitrogens with one attached hydrogen (secondary N) is 1. The van der Waals surface area contributed by atoms with Crippen LogP contribution < -0.4 is 15.8 Å². The van der Waals surface area contributed by atoms with E-state index in [2.05, 4.69) is 5.32 Å². The number of carboxylic acids is 1. The number of aliphatic carboxylic acids is 1. The summed E-state index contributed by atoms with van der Waals surface area (Å²) in [4.78, 5) is 25.2. The standard InChI is InChI=1S/C16H22ClN3O5/c1-24-13-6-11(18)10(17)5-9(13)16(23)19-12-3-4-20(8-15(21)22)7-14(12)25-2/h5-6,12,14H,3-4,7-8,18H2,1-2H3,(H,19,23)(H,21,22)/t12-,14-/m1/s1. The van der Waals surface area contributed by atoms with Crippen LogP contribution in [0.3, 0.4) is 0 Å². The Morgan fingerprint density at radius 1 is 1.44 bits per heavy atom. The van der Waals surface area contributed by atoms with Gasteiger partial charge >= 0.3 is 5.97 Å². The van der Waals surface area contributed by atoms with Gasteiger partial charge in [-0.2, -0.15) is 0 Å². The number of halogens is 1. The summed E-state index contributed by atoms with van der Waals surface area (Å²) < 4.78 is 10.6. The average molecular weight is 372 g/mol. The second-order valence-corrected chi connectivity index (χ2v) is 6.25. The fourth-order valence-corrected chi connectivity index (χ4v) is 3.04. The van der Waals surface area contributed by atoms with Crippen LogP contribution in [0.1, 0.15) is 16.8 Å². The number of hydrogen-bond donors (Lipinski definition) is 3. The Hall–Kier alpha value is -2.03. The number of rotatable bonds is 6. The average Bonchev–Trinajstić information content (AvgIpc) is 2.57. The third-order valence-corrected chi connectivity index (χ3v) is 4.51. The third kappa shape index (κ3) is 4.75. The van der Waals surface area contributed by atoms with Crippen LogP contribution in [0.2, 0.25) is 5.02 Å². The highest BCUT2D eigenvalue weighted by atomic mass is 35.5. The molecule has 25 heavy (non-hydrogen) atoms. The van der Waals surface area contributed by atoms with Crippen molar-refractivity contribution in [2.75, 3.05) is 39.6 Å². The molecule has 1 amide bonds. The molecule has 4 N–H and O–H groups in total. The molecule has 0 aliphatic carbocycles. The van der Waals surface area contributed by atoms with Crippen molar-refractivity contribution >= 4 is 29.2 Å². The Labute approximate surface area is 150 Å². The number of piperidine rings is 1. The molecule has 0 saturated carbocycles. The Bertz CT molecular complexity index is 655. The van der Waals surface area contributed by atoms with E-state index in [1.807, 2.05) is 0 Å². The Morgan fingerprint density at radius 2 is 2.16 bits per heavy atom. The van der Waals surface area contributed by atoms with Crippen LogP contribution in [0.4, 0.5) is 5.69 Å². The number of likely N-dealkylation sites (tertiary alicyclic amines) is 1. The van der Waals surface area contributed by atoms with Gasteiger partial charge in [0.25, 0.3) is 5.91 Å². The smallest absolute Gasteiger partial charge is 0.317 e. The second-order valence-electron chi connectivity index (χ2n) is 5.85. The number of hydrogen-bond acceptors (Lipinski definition) is 6. The van der Waals surface area contributed by atoms with Crippen LogP contribution >= 0.6 is 11.6 Å². The number of benzene rings is 1. The van der Waals surface area contributed by atoms with Gasteiger partial charge in [0, 0.05) is 26.3 Å². The maximum absolute atomic E-state index is 12.6. The van der Waals surface area contributed by atoms with Crippen molar-refractivity contribution in [3.63, 3.8) is 0 Å². The number of methoxy groups -OCH3 is 2. The molecular weight excluding hydrogens is 350 g/mol. The van der Waals surface area contributed by atoms with E-state index >= 15 is 0 Å². The summed E-state index contributed by atoms with van der Waals surface area (Å²) in [6, 6.07) is 2.72. The quantitative estimate of drug-likeness (QED) is 0.634. The Morgan fingerprint density at radius 3 is 2.76 bits per heavy atom. The highest BCUT2D eigenvalue weighted by molar-refractivity contribution is 6.33. The van der Waals surface area contributed by atoms with Gasteiger partial charge in [0.05, 0.1) is 42.1 Å². The van der Waals surface area contributed by atoms with Gasteiger partial charge in [0.1, 0.15) is 5.75 Å². The maximum atomic E-state index is 12.6. The molecule has 0 spiro atoms. The van der Waals surface area contributed by atoms with E-state index in [9.17, 15) is 9.59 Å². The van der Waals surface area contributed by atoms with Gasteiger partial charge in [-0.3, -0.25) is 14.5 Å². The van der Waals surface area contributed by atoms with Gasteiger partial charge in [-0.05, 0) is 12.5 Å². The van der Waals surface area contributed by atoms with Crippen LogP contribution in [0.15, 0.2) is 12.1 Å². The zero-order valence-corrected chi connectivity index (χ0v) is 14.9. The summed E-state index contributed by atoms with van der Waals surface area (Å²) in [6.07, 6.45) is 0.259. The lowest BCUT2D eigenvalue weighted by Crippen LogP contribution is -2.55. The summed E-state index contributed by atoms with van der Waals surface area (Å²) in [7, 11) is 2.98. The minimum Gasteiger partial charge on any atom is -0.496 e. The monoisotopic (exact) mass is 371 g/mol. The molecule has 0 aromatic heterocycles. The molecule has 1 saturated heterocycles. The first-order chi connectivity index (χ1) is 11.8. The van der Waals surface area contributed by atoms with Gasteiger partial charge in [-0.15, -0.1) is 0 Å². The lowest BCUT2D eigenvalue weighted by molar-refractivity contribution is -0.139. The highest BCUT2D eigenvalue weighted by Crippen LogP contribution is 2.29. The largest absolute Gasteiger partial charge is 0.496 e. The summed E-state index contributed by atoms with van der Waals surface area (Å²) in [5, 5.41) is 12.1. The minimum atomic E-state index is -0.890. The maximum Gasteiger partial charge on any atom is 0.317 e. The molecule has 1 aliphatic heterocycles. The minimum absolute atomic E-state index is 0.0537. The molecular formula is C16H22ClN3O5. The molecule has 0 radical (unpaired) electrons. The molecule has 1 heterocycles. The topological polar surface area (TPSA) is 114 Å². The molecule has 1 fully saturated rings. The molecule has 8 nitrogen and oxygen atoms in total. The van der Waals surface area contributed by atoms with E-state index in [-0.39, 0.29) is 35.2 Å². The number of anilines is 1. The number of nitrogens with zero attached hydrogens (tertiary/aromatic N) is 1. The van der Waals surface area contributed by atoms with Gasteiger partial charge in [0.15, 0.2) is 0 Å². The molecule has 138 valence electrons. The van der Waals surface area contributed by atoms with E-state index in [1.54, 1.807) is 4.90 Å². The fraction of sp³-hybridized carbons (Fsp3) is 0.500. The SMILES string of the molecule is COc1cc(N)c(Cl)cc1C(=O)N[C@@H]1CCN(CC(=O)O)C[C@H]1OC. The van der Waals surface area contributed by atoms with Crippen LogP contribution in [0.25, 0.3) is 0 Å². The molecule has 0 bridgehead atoms. The molecule has 2 atom stereocenters. The van der Waals surface area contributed by atoms with Crippen molar-refractivity contribution in [2.24, 2.45) is 0 Å². The first kappa shape index (κ1) is 19.3. The Kier molecular flexibility index (Phi) is 6.46. The number of nitrogens with two attached hydrogens (primary N) is 1. The van der Waals surface area contributed by atoms with Crippen LogP contribution in [0.5, 0.6) is 5.75 Å². The van der Waals surface area contributed by atoms with Crippen LogP contribution in [0, 0.1) is 0 Å². The Balaban J connectivity index is 2.10. The van der Waals surface area contributed by atoms with Crippen molar-refractivity contribution < 1.29 is 24.2 Å². The second kappa shape index (κ2) is 8.37. The predicted octanol–water partition coefficient (Wildman–Crippen LogP) is 0.835. The van der Waals surface area contributed by atoms with E-state index in [0.29, 0.717) is 30.9 Å². The normalized spacial score (nSPS) is 20.9. The summed E-state index contributed by atoms with van der Waals surface area (Å²) in [5.74, 6) is -0.909. The first-order valence-electron chi connectivity index (χ1n) is 7.76. The predicted molar refractivity (Wildman–Crippen MR) is 93.2 cm³/mol. The van der Waals surface area contributed by atoms with Crippen molar-refractivity contribution in [3.8, 4) is 5.75 Å². The van der Waals surface area contributed by atoms with Gasteiger partial charge in [-0.1, -0.05) is 11.6 Å². The molecule has 2 rings (SSSR count). The molecule has 1 aromatic carbocycles. The summed E-state index contributed by atoms with van der Waals surface area (Å²) in [5.41, 5.74) is 6.34. The first-order valence-corrected chi connectivity index (χ1v) is 8.14. The summed E-state index contributed by atoms with van der Waals surface area (Å²) in [6.45, 7) is 0.923. The van der Waals surface area contributed by atoms with Gasteiger partial charge < -0.3 is 25.6 Å². The lowest BCUT2D eigenvalue weighted by atomic mass is 10.0. The number of carbonyl (C=O) groups excluding carboxylic acids is 1. The molecule has 0 unspecified atom stereocenters. The number of nitrogen functional groups attached to an aromatic ring is 1. The highest BCUT2D eigenvalue weighted by Gasteiger charge is 2.32. The van der Waals surface area contributed by atoms with Crippen LogP contribution in [-0.4, -0.2) is 67.9 Å². The van der Waals surface area contributed by atoms with E-state index < -0.39 is 5.97 Å². The third-order valence-electron chi connectivity index (χ3n) is 4.18. The zero-order valence-electron chi connectivity index (χ0n) is 14.1. The van der Waals surface area contributed by atoms with E-state index in [0.717, 1.165) is 0 Å². The summed E-state index contributed by atoms with van der Waals surface area (Å²) >= 11 is 6.01. The van der Waals surface area contributed by atoms with E-state index in [4.69, 9.17) is 31.9 Å². The van der Waals surface area contributed by atoms with Gasteiger partial charge in [-0.25, -0.2) is 0 Å². The fourth-order valence-electron chi connectivity index (χ4n) is 2.88. The van der Waals surface area contributed by atoms with Crippen molar-refractivity contribution in [3.05, 3.63) is 22.7 Å².